The third-order valence-electron chi connectivity index (χ3n) is 13.1. The van der Waals surface area contributed by atoms with Gasteiger partial charge in [-0.05, 0) is 123 Å². The molecule has 0 spiro atoms. The number of furan rings is 2. The number of benzene rings is 11. The van der Waals surface area contributed by atoms with Gasteiger partial charge in [-0.1, -0.05) is 164 Å². The fraction of sp³-hybridized carbons (Fsp3) is 0. The molecule has 13 aromatic rings. The lowest BCUT2D eigenvalue weighted by molar-refractivity contribution is 0.668. The van der Waals surface area contributed by atoms with Gasteiger partial charge >= 0.3 is 0 Å². The van der Waals surface area contributed by atoms with E-state index in [2.05, 4.69) is 228 Å². The third-order valence-corrected chi connectivity index (χ3v) is 13.1. The fourth-order valence-electron chi connectivity index (χ4n) is 9.94. The lowest BCUT2D eigenvalue weighted by Crippen LogP contribution is -2.10. The molecule has 0 radical (unpaired) electrons. The van der Waals surface area contributed by atoms with Crippen molar-refractivity contribution in [1.82, 2.24) is 0 Å². The standard InChI is InChI=1S/C62H40N2O2/c1-2-15-45(16-3-1)63(57-24-12-22-54-52-20-8-10-26-59(52)65-61(54)57)46-34-28-41(29-35-46)42-30-36-47(37-31-42)64(58-25-13-23-55-53-21-9-11-27-60(53)66-62(55)58)48-38-32-43(33-39-48)56-40-44-14-4-5-17-49(44)50-18-6-7-19-51(50)56/h1-40H. The van der Waals surface area contributed by atoms with Gasteiger partial charge in [0, 0.05) is 44.3 Å². The molecule has 0 fully saturated rings. The van der Waals surface area contributed by atoms with E-state index in [1.54, 1.807) is 0 Å². The average molecular weight is 845 g/mol. The van der Waals surface area contributed by atoms with Gasteiger partial charge in [0.2, 0.25) is 0 Å². The minimum Gasteiger partial charge on any atom is -0.454 e. The molecule has 0 aliphatic heterocycles. The van der Waals surface area contributed by atoms with E-state index in [0.717, 1.165) is 89.1 Å². The Bertz CT molecular complexity index is 3920. The van der Waals surface area contributed by atoms with E-state index in [-0.39, 0.29) is 0 Å². The fourth-order valence-corrected chi connectivity index (χ4v) is 9.94. The normalized spacial score (nSPS) is 11.6. The topological polar surface area (TPSA) is 32.8 Å². The van der Waals surface area contributed by atoms with Crippen molar-refractivity contribution < 1.29 is 8.83 Å². The van der Waals surface area contributed by atoms with Gasteiger partial charge < -0.3 is 18.6 Å². The predicted octanol–water partition coefficient (Wildman–Crippen LogP) is 18.1. The van der Waals surface area contributed by atoms with Gasteiger partial charge in [-0.3, -0.25) is 0 Å². The molecule has 0 aliphatic rings. The zero-order valence-electron chi connectivity index (χ0n) is 35.8. The van der Waals surface area contributed by atoms with Crippen molar-refractivity contribution in [2.75, 3.05) is 9.80 Å². The van der Waals surface area contributed by atoms with Crippen LogP contribution in [-0.4, -0.2) is 0 Å². The number of rotatable bonds is 8. The molecule has 0 atom stereocenters. The van der Waals surface area contributed by atoms with E-state index in [9.17, 15) is 0 Å². The van der Waals surface area contributed by atoms with Crippen LogP contribution >= 0.6 is 0 Å². The van der Waals surface area contributed by atoms with Crippen LogP contribution in [0.4, 0.5) is 34.1 Å². The molecule has 4 nitrogen and oxygen atoms in total. The highest BCUT2D eigenvalue weighted by Crippen LogP contribution is 2.45. The summed E-state index contributed by atoms with van der Waals surface area (Å²) in [6, 6.07) is 86.2. The van der Waals surface area contributed by atoms with Gasteiger partial charge in [0.1, 0.15) is 11.2 Å². The Labute approximate surface area is 381 Å². The monoisotopic (exact) mass is 844 g/mol. The smallest absolute Gasteiger partial charge is 0.159 e. The first-order valence-corrected chi connectivity index (χ1v) is 22.4. The van der Waals surface area contributed by atoms with Crippen molar-refractivity contribution in [3.63, 3.8) is 0 Å². The molecule has 0 amide bonds. The number of nitrogens with zero attached hydrogens (tertiary/aromatic N) is 2. The Balaban J connectivity index is 0.889. The number of fused-ring (bicyclic) bond motifs is 9. The maximum atomic E-state index is 6.66. The lowest BCUT2D eigenvalue weighted by Gasteiger charge is -2.26. The Morgan fingerprint density at radius 2 is 0.652 bits per heavy atom. The van der Waals surface area contributed by atoms with Crippen molar-refractivity contribution in [1.29, 1.82) is 0 Å². The van der Waals surface area contributed by atoms with Gasteiger partial charge in [0.25, 0.3) is 0 Å². The third kappa shape index (κ3) is 6.22. The maximum absolute atomic E-state index is 6.66. The quantitative estimate of drug-likeness (QED) is 0.143. The van der Waals surface area contributed by atoms with E-state index in [1.807, 2.05) is 24.3 Å². The first-order valence-electron chi connectivity index (χ1n) is 22.4. The summed E-state index contributed by atoms with van der Waals surface area (Å²) in [6.07, 6.45) is 0. The molecule has 0 N–H and O–H groups in total. The van der Waals surface area contributed by atoms with Gasteiger partial charge in [-0.25, -0.2) is 0 Å². The highest BCUT2D eigenvalue weighted by Gasteiger charge is 2.22. The first kappa shape index (κ1) is 37.7. The summed E-state index contributed by atoms with van der Waals surface area (Å²) in [5, 5.41) is 9.41. The molecule has 0 saturated carbocycles. The van der Waals surface area contributed by atoms with Crippen LogP contribution in [0.2, 0.25) is 0 Å². The zero-order chi connectivity index (χ0) is 43.6. The van der Waals surface area contributed by atoms with Crippen molar-refractivity contribution in [2.45, 2.75) is 0 Å². The molecule has 2 heterocycles. The molecule has 11 aromatic carbocycles. The molecule has 2 aromatic heterocycles. The molecule has 0 saturated heterocycles. The summed E-state index contributed by atoms with van der Waals surface area (Å²) < 4.78 is 13.2. The van der Waals surface area contributed by atoms with Crippen LogP contribution in [0, 0.1) is 0 Å². The summed E-state index contributed by atoms with van der Waals surface area (Å²) in [5.41, 5.74) is 14.2. The predicted molar refractivity (Wildman–Crippen MR) is 276 cm³/mol. The number of anilines is 6. The molecular formula is C62H40N2O2. The summed E-state index contributed by atoms with van der Waals surface area (Å²) in [5.74, 6) is 0. The summed E-state index contributed by atoms with van der Waals surface area (Å²) in [4.78, 5) is 4.60. The Morgan fingerprint density at radius 3 is 1.18 bits per heavy atom. The Kier molecular flexibility index (Phi) is 8.81. The summed E-state index contributed by atoms with van der Waals surface area (Å²) in [7, 11) is 0. The molecular weight excluding hydrogens is 805 g/mol. The maximum Gasteiger partial charge on any atom is 0.159 e. The number of hydrogen-bond acceptors (Lipinski definition) is 4. The van der Waals surface area contributed by atoms with E-state index in [1.165, 1.54) is 32.7 Å². The van der Waals surface area contributed by atoms with E-state index in [4.69, 9.17) is 8.83 Å². The van der Waals surface area contributed by atoms with Gasteiger partial charge in [0.05, 0.1) is 11.4 Å². The van der Waals surface area contributed by atoms with Crippen LogP contribution in [0.3, 0.4) is 0 Å². The molecule has 13 rings (SSSR count). The lowest BCUT2D eigenvalue weighted by atomic mass is 9.93. The number of hydrogen-bond donors (Lipinski definition) is 0. The highest BCUT2D eigenvalue weighted by molar-refractivity contribution is 6.14. The van der Waals surface area contributed by atoms with Gasteiger partial charge in [-0.2, -0.15) is 0 Å². The van der Waals surface area contributed by atoms with E-state index < -0.39 is 0 Å². The molecule has 4 heteroatoms. The molecule has 0 unspecified atom stereocenters. The van der Waals surface area contributed by atoms with E-state index in [0.29, 0.717) is 0 Å². The first-order chi connectivity index (χ1) is 32.7. The van der Waals surface area contributed by atoms with Crippen molar-refractivity contribution in [3.05, 3.63) is 243 Å². The van der Waals surface area contributed by atoms with Crippen LogP contribution in [0.15, 0.2) is 251 Å². The summed E-state index contributed by atoms with van der Waals surface area (Å²) in [6.45, 7) is 0. The largest absolute Gasteiger partial charge is 0.454 e. The average Bonchev–Trinajstić information content (AvgIpc) is 3.97. The molecule has 66 heavy (non-hydrogen) atoms. The molecule has 0 bridgehead atoms. The van der Waals surface area contributed by atoms with Crippen molar-refractivity contribution >= 4 is 99.5 Å². The Morgan fingerprint density at radius 1 is 0.258 bits per heavy atom. The van der Waals surface area contributed by atoms with Crippen LogP contribution in [0.1, 0.15) is 0 Å². The SMILES string of the molecule is c1ccc(N(c2ccc(-c3ccc(N(c4ccc(-c5cc6ccccc6c6ccccc56)cc4)c4cccc5c4oc4ccccc45)cc3)cc2)c2cccc3c2oc2ccccc23)cc1. The van der Waals surface area contributed by atoms with Gasteiger partial charge in [0.15, 0.2) is 11.2 Å². The van der Waals surface area contributed by atoms with Crippen molar-refractivity contribution in [3.8, 4) is 22.3 Å². The second-order valence-corrected chi connectivity index (χ2v) is 16.8. The molecule has 0 aliphatic carbocycles. The number of para-hydroxylation sites is 5. The van der Waals surface area contributed by atoms with E-state index >= 15 is 0 Å². The van der Waals surface area contributed by atoms with Crippen LogP contribution < -0.4 is 9.80 Å². The van der Waals surface area contributed by atoms with Crippen LogP contribution in [-0.2, 0) is 0 Å². The van der Waals surface area contributed by atoms with Crippen LogP contribution in [0.5, 0.6) is 0 Å². The second kappa shape index (κ2) is 15.4. The minimum atomic E-state index is 0.851. The second-order valence-electron chi connectivity index (χ2n) is 16.8. The highest BCUT2D eigenvalue weighted by atomic mass is 16.3. The van der Waals surface area contributed by atoms with Crippen molar-refractivity contribution in [2.24, 2.45) is 0 Å². The van der Waals surface area contributed by atoms with Crippen LogP contribution in [0.25, 0.3) is 87.7 Å². The Hall–Kier alpha value is -8.86. The summed E-state index contributed by atoms with van der Waals surface area (Å²) >= 11 is 0. The minimum absolute atomic E-state index is 0.851. The van der Waals surface area contributed by atoms with Gasteiger partial charge in [-0.15, -0.1) is 0 Å². The molecule has 310 valence electrons. The zero-order valence-corrected chi connectivity index (χ0v) is 35.8.